The first-order valence-corrected chi connectivity index (χ1v) is 13.4. The van der Waals surface area contributed by atoms with Crippen LogP contribution >= 0.6 is 11.8 Å². The highest BCUT2D eigenvalue weighted by molar-refractivity contribution is 8.00. The van der Waals surface area contributed by atoms with Gasteiger partial charge in [-0.25, -0.2) is 0 Å². The monoisotopic (exact) mass is 497 g/mol. The lowest BCUT2D eigenvalue weighted by atomic mass is 9.90. The van der Waals surface area contributed by atoms with Crippen LogP contribution in [0.25, 0.3) is 11.4 Å². The van der Waals surface area contributed by atoms with E-state index in [0.717, 1.165) is 54.5 Å². The van der Waals surface area contributed by atoms with Crippen LogP contribution in [0.5, 0.6) is 0 Å². The fourth-order valence-corrected chi connectivity index (χ4v) is 5.70. The summed E-state index contributed by atoms with van der Waals surface area (Å²) < 4.78 is 2.09. The molecule has 1 fully saturated rings. The van der Waals surface area contributed by atoms with Crippen LogP contribution in [-0.4, -0.2) is 48.9 Å². The molecule has 0 saturated carbocycles. The third-order valence-corrected chi connectivity index (χ3v) is 7.81. The molecule has 5 rings (SSSR count). The Bertz CT molecular complexity index is 1250. The van der Waals surface area contributed by atoms with E-state index in [4.69, 9.17) is 0 Å². The van der Waals surface area contributed by atoms with Gasteiger partial charge < -0.3 is 4.90 Å². The van der Waals surface area contributed by atoms with Crippen molar-refractivity contribution >= 4 is 17.7 Å². The quantitative estimate of drug-likeness (QED) is 0.307. The first-order valence-electron chi connectivity index (χ1n) is 12.5. The van der Waals surface area contributed by atoms with Crippen molar-refractivity contribution in [1.82, 2.24) is 24.6 Å². The summed E-state index contributed by atoms with van der Waals surface area (Å²) in [6.07, 6.45) is 6.74. The van der Waals surface area contributed by atoms with E-state index in [0.29, 0.717) is 12.5 Å². The highest BCUT2D eigenvalue weighted by atomic mass is 32.2. The first-order chi connectivity index (χ1) is 17.7. The van der Waals surface area contributed by atoms with Gasteiger partial charge in [0.2, 0.25) is 5.91 Å². The van der Waals surface area contributed by atoms with E-state index >= 15 is 0 Å². The number of nitrogens with zero attached hydrogens (tertiary/aromatic N) is 5. The van der Waals surface area contributed by atoms with Crippen molar-refractivity contribution in [1.29, 1.82) is 0 Å². The minimum atomic E-state index is -0.240. The van der Waals surface area contributed by atoms with Gasteiger partial charge in [0.05, 0.1) is 11.8 Å². The molecule has 1 amide bonds. The van der Waals surface area contributed by atoms with Crippen molar-refractivity contribution < 1.29 is 4.79 Å². The Morgan fingerprint density at radius 2 is 1.64 bits per heavy atom. The largest absolute Gasteiger partial charge is 0.342 e. The fourth-order valence-electron chi connectivity index (χ4n) is 4.76. The summed E-state index contributed by atoms with van der Waals surface area (Å²) in [7, 11) is 0. The second kappa shape index (κ2) is 11.5. The number of rotatable bonds is 8. The van der Waals surface area contributed by atoms with E-state index in [1.54, 1.807) is 12.4 Å². The van der Waals surface area contributed by atoms with Crippen LogP contribution in [0.15, 0.2) is 90.3 Å². The smallest absolute Gasteiger partial charge is 0.235 e. The van der Waals surface area contributed by atoms with E-state index in [9.17, 15) is 4.79 Å². The van der Waals surface area contributed by atoms with Crippen LogP contribution in [0, 0.1) is 5.92 Å². The summed E-state index contributed by atoms with van der Waals surface area (Å²) in [6, 6.07) is 24.8. The number of hydrogen-bond donors (Lipinski definition) is 0. The second-order valence-corrected chi connectivity index (χ2v) is 10.6. The van der Waals surface area contributed by atoms with Gasteiger partial charge in [-0.2, -0.15) is 0 Å². The van der Waals surface area contributed by atoms with Crippen molar-refractivity contribution in [2.24, 2.45) is 5.92 Å². The Kier molecular flexibility index (Phi) is 7.76. The Labute approximate surface area is 216 Å². The van der Waals surface area contributed by atoms with Gasteiger partial charge in [-0.05, 0) is 55.4 Å². The van der Waals surface area contributed by atoms with Gasteiger partial charge in [0, 0.05) is 31.0 Å². The molecule has 36 heavy (non-hydrogen) atoms. The normalized spacial score (nSPS) is 15.1. The fraction of sp³-hybridized carbons (Fsp3) is 0.310. The molecule has 0 aliphatic carbocycles. The average Bonchev–Trinajstić information content (AvgIpc) is 3.32. The van der Waals surface area contributed by atoms with Crippen molar-refractivity contribution in [2.75, 3.05) is 13.1 Å². The van der Waals surface area contributed by atoms with E-state index < -0.39 is 0 Å². The number of piperidine rings is 1. The van der Waals surface area contributed by atoms with Crippen LogP contribution in [0.3, 0.4) is 0 Å². The number of thioether (sulfide) groups is 1. The van der Waals surface area contributed by atoms with E-state index in [2.05, 4.69) is 62.2 Å². The van der Waals surface area contributed by atoms with E-state index in [-0.39, 0.29) is 11.2 Å². The number of hydrogen-bond acceptors (Lipinski definition) is 5. The maximum atomic E-state index is 13.4. The Morgan fingerprint density at radius 1 is 0.944 bits per heavy atom. The molecular weight excluding hydrogens is 466 g/mol. The van der Waals surface area contributed by atoms with E-state index in [1.165, 1.54) is 17.3 Å². The third kappa shape index (κ3) is 5.85. The van der Waals surface area contributed by atoms with Crippen molar-refractivity contribution in [2.45, 2.75) is 43.1 Å². The number of benzene rings is 2. The summed E-state index contributed by atoms with van der Waals surface area (Å²) in [4.78, 5) is 19.6. The van der Waals surface area contributed by atoms with Crippen LogP contribution in [-0.2, 0) is 17.8 Å². The van der Waals surface area contributed by atoms with Gasteiger partial charge in [-0.15, -0.1) is 10.2 Å². The molecule has 1 unspecified atom stereocenters. The molecular formula is C29H31N5OS. The number of carbonyl (C=O) groups excluding carboxylic acids is 1. The highest BCUT2D eigenvalue weighted by Crippen LogP contribution is 2.30. The lowest BCUT2D eigenvalue weighted by Gasteiger charge is -2.33. The molecule has 6 nitrogen and oxygen atoms in total. The minimum absolute atomic E-state index is 0.176. The molecule has 1 aliphatic heterocycles. The van der Waals surface area contributed by atoms with Crippen molar-refractivity contribution in [3.05, 3.63) is 96.3 Å². The van der Waals surface area contributed by atoms with Crippen LogP contribution < -0.4 is 0 Å². The van der Waals surface area contributed by atoms with Crippen LogP contribution in [0.1, 0.15) is 30.9 Å². The average molecular weight is 498 g/mol. The number of carbonyl (C=O) groups is 1. The lowest BCUT2D eigenvalue weighted by molar-refractivity contribution is -0.131. The van der Waals surface area contributed by atoms with Gasteiger partial charge in [0.1, 0.15) is 0 Å². The maximum Gasteiger partial charge on any atom is 0.235 e. The Morgan fingerprint density at radius 3 is 2.31 bits per heavy atom. The molecule has 184 valence electrons. The van der Waals surface area contributed by atoms with Gasteiger partial charge in [0.25, 0.3) is 0 Å². The van der Waals surface area contributed by atoms with Gasteiger partial charge in [-0.1, -0.05) is 72.4 Å². The molecule has 1 saturated heterocycles. The predicted molar refractivity (Wildman–Crippen MR) is 144 cm³/mol. The second-order valence-electron chi connectivity index (χ2n) is 9.34. The zero-order chi connectivity index (χ0) is 24.7. The Hall–Kier alpha value is -3.45. The van der Waals surface area contributed by atoms with Gasteiger partial charge >= 0.3 is 0 Å². The zero-order valence-electron chi connectivity index (χ0n) is 20.5. The van der Waals surface area contributed by atoms with Crippen molar-refractivity contribution in [3.63, 3.8) is 0 Å². The molecule has 7 heteroatoms. The maximum absolute atomic E-state index is 13.4. The zero-order valence-corrected chi connectivity index (χ0v) is 21.3. The number of likely N-dealkylation sites (tertiary alicyclic amines) is 1. The number of aromatic nitrogens is 4. The highest BCUT2D eigenvalue weighted by Gasteiger charge is 2.28. The van der Waals surface area contributed by atoms with Crippen LogP contribution in [0.2, 0.25) is 0 Å². The molecule has 2 aromatic carbocycles. The van der Waals surface area contributed by atoms with Crippen LogP contribution in [0.4, 0.5) is 0 Å². The topological polar surface area (TPSA) is 63.9 Å². The number of amides is 1. The molecule has 4 aromatic rings. The standard InChI is InChI=1S/C29H31N5OS/c1-22(28(35)33-17-14-24(15-18-33)19-23-9-4-2-5-10-23)36-29-32-31-27(26-13-8-16-30-20-26)34(29)21-25-11-6-3-7-12-25/h2-13,16,20,22,24H,14-15,17-19,21H2,1H3. The molecule has 0 bridgehead atoms. The molecule has 0 spiro atoms. The third-order valence-electron chi connectivity index (χ3n) is 6.74. The Balaban J connectivity index is 1.26. The lowest BCUT2D eigenvalue weighted by Crippen LogP contribution is -2.42. The van der Waals surface area contributed by atoms with Crippen molar-refractivity contribution in [3.8, 4) is 11.4 Å². The molecule has 1 atom stereocenters. The summed E-state index contributed by atoms with van der Waals surface area (Å²) in [5, 5.41) is 9.49. The summed E-state index contributed by atoms with van der Waals surface area (Å²) in [6.45, 7) is 4.25. The van der Waals surface area contributed by atoms with Gasteiger partial charge in [0.15, 0.2) is 11.0 Å². The number of pyridine rings is 1. The SMILES string of the molecule is CC(Sc1nnc(-c2cccnc2)n1Cc1ccccc1)C(=O)N1CCC(Cc2ccccc2)CC1. The molecule has 1 aliphatic rings. The minimum Gasteiger partial charge on any atom is -0.342 e. The summed E-state index contributed by atoms with van der Waals surface area (Å²) in [5.41, 5.74) is 3.45. The summed E-state index contributed by atoms with van der Waals surface area (Å²) >= 11 is 1.49. The molecule has 0 N–H and O–H groups in total. The molecule has 0 radical (unpaired) electrons. The predicted octanol–water partition coefficient (Wildman–Crippen LogP) is 5.35. The summed E-state index contributed by atoms with van der Waals surface area (Å²) in [5.74, 6) is 1.57. The molecule has 2 aromatic heterocycles. The first kappa shape index (κ1) is 24.3. The van der Waals surface area contributed by atoms with E-state index in [1.807, 2.05) is 42.2 Å². The molecule has 3 heterocycles. The van der Waals surface area contributed by atoms with Gasteiger partial charge in [-0.3, -0.25) is 14.3 Å².